The minimum absolute atomic E-state index is 0.0625. The van der Waals surface area contributed by atoms with Crippen molar-refractivity contribution >= 4 is 31.6 Å². The van der Waals surface area contributed by atoms with Gasteiger partial charge < -0.3 is 13.9 Å². The molecule has 0 aliphatic carbocycles. The molecule has 0 saturated heterocycles. The molecule has 1 aliphatic rings. The fourth-order valence-corrected chi connectivity index (χ4v) is 5.29. The van der Waals surface area contributed by atoms with Gasteiger partial charge in [-0.05, 0) is 38.4 Å². The van der Waals surface area contributed by atoms with Gasteiger partial charge in [-0.25, -0.2) is 14.6 Å². The Bertz CT molecular complexity index is 957. The van der Waals surface area contributed by atoms with Crippen LogP contribution in [0.15, 0.2) is 41.3 Å². The summed E-state index contributed by atoms with van der Waals surface area (Å²) in [5.41, 5.74) is 1.96. The Balaban J connectivity index is 2.26. The van der Waals surface area contributed by atoms with E-state index in [-0.39, 0.29) is 23.0 Å². The molecule has 1 aromatic heterocycles. The highest BCUT2D eigenvalue weighted by Crippen LogP contribution is 2.36. The average Bonchev–Trinajstić information content (AvgIpc) is 3.19. The lowest BCUT2D eigenvalue weighted by Gasteiger charge is -2.37. The first-order chi connectivity index (χ1) is 16.3. The van der Waals surface area contributed by atoms with Gasteiger partial charge in [-0.2, -0.15) is 0 Å². The van der Waals surface area contributed by atoms with E-state index in [2.05, 4.69) is 40.8 Å². The molecule has 8 heteroatoms. The van der Waals surface area contributed by atoms with Crippen molar-refractivity contribution in [1.82, 2.24) is 4.98 Å². The third kappa shape index (κ3) is 9.86. The van der Waals surface area contributed by atoms with Gasteiger partial charge in [-0.1, -0.05) is 51.5 Å². The number of rotatable bonds is 3. The summed E-state index contributed by atoms with van der Waals surface area (Å²) in [5, 5.41) is 3.00. The molecule has 2 bridgehead atoms. The summed E-state index contributed by atoms with van der Waals surface area (Å²) in [4.78, 5) is 29.5. The van der Waals surface area contributed by atoms with Crippen LogP contribution in [0.3, 0.4) is 0 Å². The predicted octanol–water partition coefficient (Wildman–Crippen LogP) is 6.51. The maximum Gasteiger partial charge on any atom is 0.331 e. The number of cyclic esters (lactones) is 2. The Morgan fingerprint density at radius 1 is 1.11 bits per heavy atom. The van der Waals surface area contributed by atoms with Crippen molar-refractivity contribution < 1.29 is 23.5 Å². The van der Waals surface area contributed by atoms with E-state index in [1.54, 1.807) is 17.4 Å². The summed E-state index contributed by atoms with van der Waals surface area (Å²) in [5.74, 6) is -0.608. The van der Waals surface area contributed by atoms with Gasteiger partial charge in [0.1, 0.15) is 12.2 Å². The van der Waals surface area contributed by atoms with E-state index in [9.17, 15) is 9.59 Å². The van der Waals surface area contributed by atoms with Crippen LogP contribution >= 0.6 is 11.3 Å². The van der Waals surface area contributed by atoms with Gasteiger partial charge >= 0.3 is 11.9 Å². The lowest BCUT2D eigenvalue weighted by molar-refractivity contribution is -0.144. The zero-order chi connectivity index (χ0) is 26.2. The Labute approximate surface area is 215 Å². The number of hydrogen-bond acceptors (Lipinski definition) is 7. The zero-order valence-electron chi connectivity index (χ0n) is 22.4. The molecule has 1 aliphatic heterocycles. The van der Waals surface area contributed by atoms with Crippen molar-refractivity contribution in [1.29, 1.82) is 0 Å². The Morgan fingerprint density at radius 2 is 1.80 bits per heavy atom. The second kappa shape index (κ2) is 12.8. The largest absolute Gasteiger partial charge is 0.459 e. The van der Waals surface area contributed by atoms with E-state index >= 15 is 0 Å². The van der Waals surface area contributed by atoms with Crippen molar-refractivity contribution in [3.8, 4) is 0 Å². The lowest BCUT2D eigenvalue weighted by Crippen LogP contribution is -2.43. The lowest BCUT2D eigenvalue weighted by atomic mass is 10.0. The topological polar surface area (TPSA) is 74.7 Å². The third-order valence-corrected chi connectivity index (χ3v) is 11.9. The molecule has 0 saturated carbocycles. The molecule has 0 radical (unpaired) electrons. The Kier molecular flexibility index (Phi) is 10.7. The normalized spacial score (nSPS) is 26.9. The van der Waals surface area contributed by atoms with Gasteiger partial charge in [0.2, 0.25) is 0 Å². The molecule has 0 amide bonds. The van der Waals surface area contributed by atoms with Crippen LogP contribution in [0.4, 0.5) is 0 Å². The summed E-state index contributed by atoms with van der Waals surface area (Å²) in [7, 11) is -2.00. The maximum absolute atomic E-state index is 12.6. The molecular weight excluding hydrogens is 478 g/mol. The highest BCUT2D eigenvalue weighted by molar-refractivity contribution is 7.09. The van der Waals surface area contributed by atoms with E-state index in [1.807, 2.05) is 31.4 Å². The van der Waals surface area contributed by atoms with Crippen molar-refractivity contribution in [2.24, 2.45) is 0 Å². The molecule has 2 heterocycles. The number of nitrogens with zero attached hydrogens (tertiary/aromatic N) is 1. The summed E-state index contributed by atoms with van der Waals surface area (Å²) in [6.45, 7) is 17.2. The predicted molar refractivity (Wildman–Crippen MR) is 144 cm³/mol. The van der Waals surface area contributed by atoms with Crippen LogP contribution in [0.2, 0.25) is 18.1 Å². The quantitative estimate of drug-likeness (QED) is 0.335. The minimum Gasteiger partial charge on any atom is -0.459 e. The zero-order valence-corrected chi connectivity index (χ0v) is 24.2. The monoisotopic (exact) mass is 519 g/mol. The molecule has 0 unspecified atom stereocenters. The van der Waals surface area contributed by atoms with Crippen LogP contribution in [0, 0.1) is 0 Å². The smallest absolute Gasteiger partial charge is 0.331 e. The van der Waals surface area contributed by atoms with Crippen molar-refractivity contribution in [2.75, 3.05) is 6.61 Å². The first-order valence-corrected chi connectivity index (χ1v) is 16.1. The Hall–Kier alpha value is -2.03. The number of aromatic nitrogens is 1. The number of fused-ring (bicyclic) bond motifs is 2. The van der Waals surface area contributed by atoms with E-state index in [4.69, 9.17) is 18.9 Å². The molecular formula is C27H41NO5SSi. The number of hydrogen-bond donors (Lipinski definition) is 0. The van der Waals surface area contributed by atoms with Crippen LogP contribution in [-0.4, -0.2) is 44.1 Å². The first kappa shape index (κ1) is 29.2. The number of carbonyl (C=O) groups excluding carboxylic acids is 2. The summed E-state index contributed by atoms with van der Waals surface area (Å²) in [6.07, 6.45) is 9.36. The number of thiazole rings is 1. The number of ether oxygens (including phenoxy) is 2. The summed E-state index contributed by atoms with van der Waals surface area (Å²) >= 11 is 1.56. The van der Waals surface area contributed by atoms with Gasteiger partial charge in [-0.3, -0.25) is 0 Å². The number of carbonyl (C=O) groups is 2. The minimum atomic E-state index is -2.00. The summed E-state index contributed by atoms with van der Waals surface area (Å²) in [6, 6.07) is 0. The van der Waals surface area contributed by atoms with Crippen LogP contribution < -0.4 is 0 Å². The molecule has 0 spiro atoms. The highest BCUT2D eigenvalue weighted by Gasteiger charge is 2.38. The average molecular weight is 520 g/mol. The molecule has 194 valence electrons. The Morgan fingerprint density at radius 3 is 2.49 bits per heavy atom. The molecule has 35 heavy (non-hydrogen) atoms. The fraction of sp³-hybridized carbons (Fsp3) is 0.593. The van der Waals surface area contributed by atoms with Crippen LogP contribution in [-0.2, 0) is 29.9 Å². The van der Waals surface area contributed by atoms with Crippen LogP contribution in [0.5, 0.6) is 0 Å². The van der Waals surface area contributed by atoms with E-state index in [0.717, 1.165) is 16.3 Å². The van der Waals surface area contributed by atoms with Gasteiger partial charge in [0.15, 0.2) is 8.32 Å². The third-order valence-electron chi connectivity index (χ3n) is 6.48. The fourth-order valence-electron chi connectivity index (χ4n) is 3.28. The van der Waals surface area contributed by atoms with E-state index in [1.165, 1.54) is 12.2 Å². The summed E-state index contributed by atoms with van der Waals surface area (Å²) < 4.78 is 17.7. The second-order valence-electron chi connectivity index (χ2n) is 10.9. The van der Waals surface area contributed by atoms with Crippen LogP contribution in [0.25, 0.3) is 0 Å². The van der Waals surface area contributed by atoms with Crippen molar-refractivity contribution in [2.45, 2.75) is 97.1 Å². The van der Waals surface area contributed by atoms with Gasteiger partial charge in [-0.15, -0.1) is 11.3 Å². The standard InChI is InChI=1S/C27H41NO5SSi/c1-19-11-9-13-26(30)33-22(17-31-35(7,8)27(4,5)6)16-24-28-23(18-34-24)20(2)12-10-14-25(29)32-21(3)15-19/h9-11,13-14,18,20-22H,12,15-17H2,1-8H3/b13-9-,14-10+,19-11+/t20-,21-,22-/m0/s1. The first-order valence-electron chi connectivity index (χ1n) is 12.3. The molecule has 0 aromatic carbocycles. The molecule has 6 nitrogen and oxygen atoms in total. The molecule has 1 aromatic rings. The number of esters is 2. The van der Waals surface area contributed by atoms with Gasteiger partial charge in [0, 0.05) is 36.3 Å². The maximum atomic E-state index is 12.6. The van der Waals surface area contributed by atoms with Crippen molar-refractivity contribution in [3.63, 3.8) is 0 Å². The molecule has 0 fully saturated rings. The van der Waals surface area contributed by atoms with Crippen molar-refractivity contribution in [3.05, 3.63) is 52.0 Å². The van der Waals surface area contributed by atoms with Gasteiger partial charge in [0.05, 0.1) is 17.3 Å². The molecule has 3 atom stereocenters. The highest BCUT2D eigenvalue weighted by atomic mass is 32.1. The molecule has 0 N–H and O–H groups in total. The van der Waals surface area contributed by atoms with Gasteiger partial charge in [0.25, 0.3) is 0 Å². The van der Waals surface area contributed by atoms with Crippen LogP contribution in [0.1, 0.15) is 71.0 Å². The number of allylic oxidation sites excluding steroid dienone is 3. The molecule has 2 rings (SSSR count). The second-order valence-corrected chi connectivity index (χ2v) is 16.6. The van der Waals surface area contributed by atoms with E-state index in [0.29, 0.717) is 25.9 Å². The SMILES string of the molecule is C/C1=C\C=C/C(=O)O[C@H](CO[Si](C)(C)C(C)(C)C)Cc2nc(cs2)[C@@H](C)C/C=C/C(=O)O[C@@H](C)C1. The van der Waals surface area contributed by atoms with E-state index < -0.39 is 20.4 Å².